The molecule has 11 heteroatoms. The van der Waals surface area contributed by atoms with E-state index < -0.39 is 53.8 Å². The van der Waals surface area contributed by atoms with E-state index in [1.807, 2.05) is 0 Å². The fourth-order valence-corrected chi connectivity index (χ4v) is 3.12. The molecule has 0 radical (unpaired) electrons. The van der Waals surface area contributed by atoms with Gasteiger partial charge in [0.05, 0.1) is 11.5 Å². The van der Waals surface area contributed by atoms with E-state index >= 15 is 0 Å². The highest BCUT2D eigenvalue weighted by atomic mass is 16.7. The highest BCUT2D eigenvalue weighted by Gasteiger charge is 2.45. The lowest BCUT2D eigenvalue weighted by Crippen LogP contribution is -2.60. The third-order valence-corrected chi connectivity index (χ3v) is 4.87. The number of rotatable bonds is 7. The summed E-state index contributed by atoms with van der Waals surface area (Å²) in [6.07, 6.45) is -5.20. The van der Waals surface area contributed by atoms with Gasteiger partial charge in [-0.25, -0.2) is 0 Å². The number of aliphatic hydroxyl groups excluding tert-OH is 4. The van der Waals surface area contributed by atoms with Crippen LogP contribution in [0, 0.1) is 10.1 Å². The van der Waals surface area contributed by atoms with E-state index in [-0.39, 0.29) is 17.0 Å². The Morgan fingerprint density at radius 1 is 1.09 bits per heavy atom. The standard InChI is InChI=1S/C21H21NO10/c23-10-16-18(26)19(27)20(28)21(32-16)31-15-3-1-2-13(24)17(15)14(25)9-6-11-4-7-12(8-5-11)22(29)30/h1-9,16,18-21,23-24,26-28H,10H2. The molecule has 1 saturated heterocycles. The SMILES string of the molecule is O=C(C=Cc1ccc([N+](=O)[O-])cc1)c1c(O)cccc1OC1OC(CO)C(O)C(O)C1O. The van der Waals surface area contributed by atoms with Gasteiger partial charge in [0.2, 0.25) is 6.29 Å². The number of nitro benzene ring substituents is 1. The molecule has 170 valence electrons. The molecular formula is C21H21NO10. The van der Waals surface area contributed by atoms with Crippen molar-refractivity contribution < 1.29 is 44.7 Å². The molecule has 3 rings (SSSR count). The van der Waals surface area contributed by atoms with Crippen LogP contribution < -0.4 is 4.74 Å². The number of aliphatic hydroxyl groups is 4. The normalized spacial score (nSPS) is 25.6. The predicted octanol–water partition coefficient (Wildman–Crippen LogP) is 0.375. The number of ether oxygens (including phenoxy) is 2. The third kappa shape index (κ3) is 4.93. The Bertz CT molecular complexity index is 1000. The Morgan fingerprint density at radius 2 is 1.78 bits per heavy atom. The van der Waals surface area contributed by atoms with Gasteiger partial charge in [-0.1, -0.05) is 12.1 Å². The second-order valence-electron chi connectivity index (χ2n) is 7.01. The minimum Gasteiger partial charge on any atom is -0.507 e. The molecule has 1 fully saturated rings. The zero-order valence-corrected chi connectivity index (χ0v) is 16.5. The molecule has 2 aromatic carbocycles. The molecule has 0 saturated carbocycles. The topological polar surface area (TPSA) is 180 Å². The van der Waals surface area contributed by atoms with Gasteiger partial charge in [0, 0.05) is 12.1 Å². The maximum absolute atomic E-state index is 12.7. The van der Waals surface area contributed by atoms with Crippen molar-refractivity contribution in [1.29, 1.82) is 0 Å². The van der Waals surface area contributed by atoms with Crippen molar-refractivity contribution >= 4 is 17.5 Å². The summed E-state index contributed by atoms with van der Waals surface area (Å²) in [5.41, 5.74) is 0.128. The molecule has 32 heavy (non-hydrogen) atoms. The Morgan fingerprint density at radius 3 is 2.41 bits per heavy atom. The Labute approximate surface area is 181 Å². The first-order valence-corrected chi connectivity index (χ1v) is 9.49. The molecule has 5 unspecified atom stereocenters. The minimum absolute atomic E-state index is 0.107. The quantitative estimate of drug-likeness (QED) is 0.172. The van der Waals surface area contributed by atoms with Gasteiger partial charge in [-0.2, -0.15) is 0 Å². The molecule has 5 atom stereocenters. The zero-order chi connectivity index (χ0) is 23.4. The molecule has 0 amide bonds. The summed E-state index contributed by atoms with van der Waals surface area (Å²) in [7, 11) is 0. The summed E-state index contributed by atoms with van der Waals surface area (Å²) in [6, 6.07) is 9.39. The highest BCUT2D eigenvalue weighted by Crippen LogP contribution is 2.32. The van der Waals surface area contributed by atoms with E-state index in [0.29, 0.717) is 5.56 Å². The van der Waals surface area contributed by atoms with Crippen LogP contribution in [0.1, 0.15) is 15.9 Å². The number of phenolic OH excluding ortho intramolecular Hbond substituents is 1. The number of benzene rings is 2. The van der Waals surface area contributed by atoms with Gasteiger partial charge in [-0.15, -0.1) is 0 Å². The molecule has 0 bridgehead atoms. The molecule has 0 spiro atoms. The van der Waals surface area contributed by atoms with E-state index in [1.54, 1.807) is 0 Å². The first kappa shape index (κ1) is 23.3. The largest absolute Gasteiger partial charge is 0.507 e. The van der Waals surface area contributed by atoms with Crippen LogP contribution in [0.25, 0.3) is 6.08 Å². The van der Waals surface area contributed by atoms with Crippen molar-refractivity contribution in [1.82, 2.24) is 0 Å². The Hall–Kier alpha value is -3.35. The van der Waals surface area contributed by atoms with E-state index in [1.165, 1.54) is 48.5 Å². The summed E-state index contributed by atoms with van der Waals surface area (Å²) >= 11 is 0. The monoisotopic (exact) mass is 447 g/mol. The summed E-state index contributed by atoms with van der Waals surface area (Å²) < 4.78 is 10.8. The first-order valence-electron chi connectivity index (χ1n) is 9.49. The van der Waals surface area contributed by atoms with Crippen LogP contribution in [-0.4, -0.2) is 73.6 Å². The second-order valence-corrected chi connectivity index (χ2v) is 7.01. The van der Waals surface area contributed by atoms with Crippen LogP contribution in [0.2, 0.25) is 0 Å². The molecule has 0 aliphatic carbocycles. The van der Waals surface area contributed by atoms with Gasteiger partial charge in [0.25, 0.3) is 5.69 Å². The van der Waals surface area contributed by atoms with Gasteiger partial charge in [0.1, 0.15) is 41.5 Å². The van der Waals surface area contributed by atoms with Crippen molar-refractivity contribution in [2.24, 2.45) is 0 Å². The molecule has 1 aliphatic rings. The average molecular weight is 447 g/mol. The van der Waals surface area contributed by atoms with Crippen molar-refractivity contribution in [3.05, 3.63) is 69.8 Å². The van der Waals surface area contributed by atoms with Gasteiger partial charge < -0.3 is 35.0 Å². The molecule has 1 aliphatic heterocycles. The zero-order valence-electron chi connectivity index (χ0n) is 16.5. The van der Waals surface area contributed by atoms with Crippen LogP contribution >= 0.6 is 0 Å². The Balaban J connectivity index is 1.82. The van der Waals surface area contributed by atoms with Crippen LogP contribution in [0.4, 0.5) is 5.69 Å². The molecule has 11 nitrogen and oxygen atoms in total. The fraction of sp³-hybridized carbons (Fsp3) is 0.286. The Kier molecular flexibility index (Phi) is 7.18. The number of nitrogens with zero attached hydrogens (tertiary/aromatic N) is 1. The predicted molar refractivity (Wildman–Crippen MR) is 109 cm³/mol. The van der Waals surface area contributed by atoms with E-state index in [2.05, 4.69) is 0 Å². The molecule has 0 aromatic heterocycles. The minimum atomic E-state index is -1.70. The maximum atomic E-state index is 12.7. The lowest BCUT2D eigenvalue weighted by molar-refractivity contribution is -0.384. The highest BCUT2D eigenvalue weighted by molar-refractivity contribution is 6.10. The van der Waals surface area contributed by atoms with Crippen LogP contribution in [0.15, 0.2) is 48.5 Å². The number of phenols is 1. The van der Waals surface area contributed by atoms with Crippen LogP contribution in [0.3, 0.4) is 0 Å². The number of allylic oxidation sites excluding steroid dienone is 1. The van der Waals surface area contributed by atoms with E-state index in [9.17, 15) is 40.4 Å². The number of hydrogen-bond donors (Lipinski definition) is 5. The van der Waals surface area contributed by atoms with Crippen LogP contribution in [-0.2, 0) is 4.74 Å². The first-order chi connectivity index (χ1) is 15.2. The summed E-state index contributed by atoms with van der Waals surface area (Å²) in [5.74, 6) is -1.28. The van der Waals surface area contributed by atoms with E-state index in [0.717, 1.165) is 6.08 Å². The number of non-ortho nitro benzene ring substituents is 1. The van der Waals surface area contributed by atoms with Crippen molar-refractivity contribution in [2.75, 3.05) is 6.61 Å². The summed E-state index contributed by atoms with van der Waals surface area (Å²) in [6.45, 7) is -0.658. The number of hydrogen-bond acceptors (Lipinski definition) is 10. The van der Waals surface area contributed by atoms with Gasteiger partial charge in [0.15, 0.2) is 5.78 Å². The number of carbonyl (C=O) groups is 1. The summed E-state index contributed by atoms with van der Waals surface area (Å²) in [5, 5.41) is 60.1. The van der Waals surface area contributed by atoms with Crippen LogP contribution in [0.5, 0.6) is 11.5 Å². The summed E-state index contributed by atoms with van der Waals surface area (Å²) in [4.78, 5) is 22.9. The van der Waals surface area contributed by atoms with Gasteiger partial charge >= 0.3 is 0 Å². The lowest BCUT2D eigenvalue weighted by Gasteiger charge is -2.39. The number of ketones is 1. The van der Waals surface area contributed by atoms with Crippen molar-refractivity contribution in [2.45, 2.75) is 30.7 Å². The number of nitro groups is 1. The fourth-order valence-electron chi connectivity index (χ4n) is 3.12. The van der Waals surface area contributed by atoms with E-state index in [4.69, 9.17) is 9.47 Å². The average Bonchev–Trinajstić information content (AvgIpc) is 2.78. The molecule has 5 N–H and O–H groups in total. The molecular weight excluding hydrogens is 426 g/mol. The van der Waals surface area contributed by atoms with Crippen molar-refractivity contribution in [3.8, 4) is 11.5 Å². The molecule has 2 aromatic rings. The smallest absolute Gasteiger partial charge is 0.269 e. The van der Waals surface area contributed by atoms with Gasteiger partial charge in [-0.05, 0) is 35.9 Å². The third-order valence-electron chi connectivity index (χ3n) is 4.87. The van der Waals surface area contributed by atoms with Gasteiger partial charge in [-0.3, -0.25) is 14.9 Å². The number of carbonyl (C=O) groups excluding carboxylic acids is 1. The lowest BCUT2D eigenvalue weighted by atomic mass is 9.99. The second kappa shape index (κ2) is 9.85. The number of aromatic hydroxyl groups is 1. The maximum Gasteiger partial charge on any atom is 0.269 e. The van der Waals surface area contributed by atoms with Crippen molar-refractivity contribution in [3.63, 3.8) is 0 Å². The molecule has 1 heterocycles.